The summed E-state index contributed by atoms with van der Waals surface area (Å²) in [7, 11) is 1.72. The van der Waals surface area contributed by atoms with Crippen LogP contribution in [0.1, 0.15) is 5.56 Å². The lowest BCUT2D eigenvalue weighted by Gasteiger charge is -2.37. The number of para-hydroxylation sites is 1. The molecule has 6 nitrogen and oxygen atoms in total. The van der Waals surface area contributed by atoms with Crippen molar-refractivity contribution in [2.75, 3.05) is 51.2 Å². The Morgan fingerprint density at radius 3 is 2.39 bits per heavy atom. The first kappa shape index (κ1) is 24.8. The van der Waals surface area contributed by atoms with Crippen LogP contribution in [0.5, 0.6) is 0 Å². The molecule has 1 fully saturated rings. The molecule has 0 atom stereocenters. The van der Waals surface area contributed by atoms with E-state index in [4.69, 9.17) is 0 Å². The number of hydrogen-bond donors (Lipinski definition) is 2. The molecule has 0 radical (unpaired) electrons. The third-order valence-electron chi connectivity index (χ3n) is 4.97. The number of halogens is 3. The highest BCUT2D eigenvalue weighted by molar-refractivity contribution is 14.0. The molecule has 1 saturated heterocycles. The van der Waals surface area contributed by atoms with Gasteiger partial charge in [-0.1, -0.05) is 24.3 Å². The summed E-state index contributed by atoms with van der Waals surface area (Å²) in [5.74, 6) is 0.0433. The molecule has 9 heteroatoms. The molecule has 0 unspecified atom stereocenters. The lowest BCUT2D eigenvalue weighted by atomic mass is 10.1. The van der Waals surface area contributed by atoms with Crippen LogP contribution in [-0.2, 0) is 11.2 Å². The van der Waals surface area contributed by atoms with Crippen LogP contribution >= 0.6 is 24.0 Å². The van der Waals surface area contributed by atoms with Gasteiger partial charge in [-0.2, -0.15) is 0 Å². The van der Waals surface area contributed by atoms with Gasteiger partial charge in [0.25, 0.3) is 0 Å². The van der Waals surface area contributed by atoms with Crippen molar-refractivity contribution in [1.29, 1.82) is 0 Å². The molecular formula is C22H28F2IN5O. The molecule has 0 spiro atoms. The number of nitrogens with zero attached hydrogens (tertiary/aromatic N) is 3. The van der Waals surface area contributed by atoms with Gasteiger partial charge in [0.2, 0.25) is 5.91 Å². The normalized spacial score (nSPS) is 14.1. The number of anilines is 1. The highest BCUT2D eigenvalue weighted by atomic mass is 127. The van der Waals surface area contributed by atoms with Crippen molar-refractivity contribution in [3.63, 3.8) is 0 Å². The predicted molar refractivity (Wildman–Crippen MR) is 130 cm³/mol. The fourth-order valence-corrected chi connectivity index (χ4v) is 3.47. The fourth-order valence-electron chi connectivity index (χ4n) is 3.47. The second kappa shape index (κ2) is 12.4. The summed E-state index contributed by atoms with van der Waals surface area (Å²) in [6.07, 6.45) is 0.143. The zero-order valence-corrected chi connectivity index (χ0v) is 19.8. The Balaban J connectivity index is 0.00000341. The van der Waals surface area contributed by atoms with Gasteiger partial charge in [-0.05, 0) is 29.8 Å². The number of rotatable bonds is 6. The van der Waals surface area contributed by atoms with E-state index in [9.17, 15) is 13.6 Å². The third kappa shape index (κ3) is 7.34. The van der Waals surface area contributed by atoms with Crippen LogP contribution in [0.3, 0.4) is 0 Å². The summed E-state index contributed by atoms with van der Waals surface area (Å²) in [6, 6.07) is 12.8. The van der Waals surface area contributed by atoms with E-state index in [2.05, 4.69) is 20.5 Å². The Hall–Kier alpha value is -2.43. The SMILES string of the molecule is CN=C(NCCNC(=O)Cc1cccc(F)c1)N1CCN(c2ccccc2F)CC1.I. The number of nitrogens with one attached hydrogen (secondary N) is 2. The largest absolute Gasteiger partial charge is 0.366 e. The Labute approximate surface area is 198 Å². The van der Waals surface area contributed by atoms with E-state index < -0.39 is 0 Å². The molecule has 1 aliphatic heterocycles. The first-order chi connectivity index (χ1) is 14.6. The molecular weight excluding hydrogens is 515 g/mol. The van der Waals surface area contributed by atoms with Crippen LogP contribution in [0.4, 0.5) is 14.5 Å². The van der Waals surface area contributed by atoms with E-state index in [1.807, 2.05) is 11.0 Å². The van der Waals surface area contributed by atoms with Crippen LogP contribution < -0.4 is 15.5 Å². The van der Waals surface area contributed by atoms with Gasteiger partial charge in [0.15, 0.2) is 5.96 Å². The van der Waals surface area contributed by atoms with Gasteiger partial charge in [-0.3, -0.25) is 9.79 Å². The topological polar surface area (TPSA) is 60.0 Å². The van der Waals surface area contributed by atoms with Gasteiger partial charge >= 0.3 is 0 Å². The van der Waals surface area contributed by atoms with Crippen LogP contribution in [0.2, 0.25) is 0 Å². The maximum atomic E-state index is 14.0. The molecule has 0 saturated carbocycles. The van der Waals surface area contributed by atoms with Crippen LogP contribution in [0.15, 0.2) is 53.5 Å². The number of hydrogen-bond acceptors (Lipinski definition) is 3. The summed E-state index contributed by atoms with van der Waals surface area (Å²) < 4.78 is 27.2. The van der Waals surface area contributed by atoms with Crippen LogP contribution in [-0.4, -0.2) is 63.1 Å². The van der Waals surface area contributed by atoms with E-state index in [0.29, 0.717) is 37.4 Å². The lowest BCUT2D eigenvalue weighted by Crippen LogP contribution is -2.53. The molecule has 168 valence electrons. The van der Waals surface area contributed by atoms with Crippen molar-refractivity contribution < 1.29 is 13.6 Å². The minimum absolute atomic E-state index is 0. The van der Waals surface area contributed by atoms with Crippen LogP contribution in [0, 0.1) is 11.6 Å². The van der Waals surface area contributed by atoms with E-state index in [1.165, 1.54) is 18.2 Å². The van der Waals surface area contributed by atoms with Gasteiger partial charge in [0, 0.05) is 46.3 Å². The van der Waals surface area contributed by atoms with Gasteiger partial charge in [0.1, 0.15) is 11.6 Å². The highest BCUT2D eigenvalue weighted by Gasteiger charge is 2.21. The quantitative estimate of drug-likeness (QED) is 0.255. The lowest BCUT2D eigenvalue weighted by molar-refractivity contribution is -0.120. The molecule has 3 rings (SSSR count). The smallest absolute Gasteiger partial charge is 0.224 e. The van der Waals surface area contributed by atoms with Crippen molar-refractivity contribution in [1.82, 2.24) is 15.5 Å². The third-order valence-corrected chi connectivity index (χ3v) is 4.97. The summed E-state index contributed by atoms with van der Waals surface area (Å²) in [5.41, 5.74) is 1.27. The van der Waals surface area contributed by atoms with Crippen molar-refractivity contribution >= 4 is 41.5 Å². The first-order valence-corrected chi connectivity index (χ1v) is 10.0. The minimum Gasteiger partial charge on any atom is -0.366 e. The van der Waals surface area contributed by atoms with E-state index in [-0.39, 0.29) is 47.9 Å². The first-order valence-electron chi connectivity index (χ1n) is 10.0. The van der Waals surface area contributed by atoms with E-state index in [1.54, 1.807) is 31.3 Å². The molecule has 31 heavy (non-hydrogen) atoms. The Kier molecular flexibility index (Phi) is 9.96. The van der Waals surface area contributed by atoms with Crippen molar-refractivity contribution in [3.8, 4) is 0 Å². The second-order valence-corrected chi connectivity index (χ2v) is 7.06. The van der Waals surface area contributed by atoms with Gasteiger partial charge in [0.05, 0.1) is 12.1 Å². The average Bonchev–Trinajstić information content (AvgIpc) is 2.74. The van der Waals surface area contributed by atoms with E-state index >= 15 is 0 Å². The predicted octanol–water partition coefficient (Wildman–Crippen LogP) is 2.64. The maximum absolute atomic E-state index is 14.0. The van der Waals surface area contributed by atoms with Crippen molar-refractivity contribution in [2.45, 2.75) is 6.42 Å². The number of carbonyl (C=O) groups excluding carboxylic acids is 1. The Bertz CT molecular complexity index is 888. The Morgan fingerprint density at radius 2 is 1.71 bits per heavy atom. The highest BCUT2D eigenvalue weighted by Crippen LogP contribution is 2.20. The number of piperazine rings is 1. The van der Waals surface area contributed by atoms with Gasteiger partial charge in [-0.25, -0.2) is 8.78 Å². The maximum Gasteiger partial charge on any atom is 0.224 e. The average molecular weight is 543 g/mol. The van der Waals surface area contributed by atoms with E-state index in [0.717, 1.165) is 19.0 Å². The van der Waals surface area contributed by atoms with Gasteiger partial charge in [-0.15, -0.1) is 24.0 Å². The number of guanidine groups is 1. The zero-order chi connectivity index (χ0) is 21.3. The number of carbonyl (C=O) groups is 1. The molecule has 0 aliphatic carbocycles. The molecule has 2 aromatic carbocycles. The molecule has 2 aromatic rings. The second-order valence-electron chi connectivity index (χ2n) is 7.06. The minimum atomic E-state index is -0.346. The monoisotopic (exact) mass is 543 g/mol. The number of benzene rings is 2. The standard InChI is InChI=1S/C22H27F2N5O.HI/c1-25-22(27-10-9-26-21(30)16-17-5-4-6-18(23)15-17)29-13-11-28(12-14-29)20-8-3-2-7-19(20)24;/h2-8,15H,9-14,16H2,1H3,(H,25,27)(H,26,30);1H. The molecule has 1 amide bonds. The number of amides is 1. The molecule has 2 N–H and O–H groups in total. The number of aliphatic imine (C=N–C) groups is 1. The Morgan fingerprint density at radius 1 is 1.00 bits per heavy atom. The van der Waals surface area contributed by atoms with Gasteiger partial charge < -0.3 is 20.4 Å². The summed E-state index contributed by atoms with van der Waals surface area (Å²) in [4.78, 5) is 20.5. The zero-order valence-electron chi connectivity index (χ0n) is 17.5. The van der Waals surface area contributed by atoms with Crippen molar-refractivity contribution in [3.05, 3.63) is 65.7 Å². The summed E-state index contributed by atoms with van der Waals surface area (Å²) in [6.45, 7) is 3.80. The molecule has 1 aliphatic rings. The molecule has 1 heterocycles. The summed E-state index contributed by atoms with van der Waals surface area (Å²) in [5, 5.41) is 6.06. The molecule has 0 aromatic heterocycles. The summed E-state index contributed by atoms with van der Waals surface area (Å²) >= 11 is 0. The van der Waals surface area contributed by atoms with Crippen molar-refractivity contribution in [2.24, 2.45) is 4.99 Å². The fraction of sp³-hybridized carbons (Fsp3) is 0.364. The molecule has 0 bridgehead atoms. The van der Waals surface area contributed by atoms with Crippen LogP contribution in [0.25, 0.3) is 0 Å².